The maximum absolute atomic E-state index is 11.7. The SMILES string of the molecule is O=C(NCc1csc(Br)c1)C1CCCC1. The largest absolute Gasteiger partial charge is 0.352 e. The van der Waals surface area contributed by atoms with Gasteiger partial charge < -0.3 is 5.32 Å². The first-order valence-corrected chi connectivity index (χ1v) is 6.93. The van der Waals surface area contributed by atoms with Crippen molar-refractivity contribution in [1.29, 1.82) is 0 Å². The Balaban J connectivity index is 1.80. The summed E-state index contributed by atoms with van der Waals surface area (Å²) in [7, 11) is 0. The molecule has 4 heteroatoms. The molecule has 0 radical (unpaired) electrons. The fourth-order valence-electron chi connectivity index (χ4n) is 1.96. The number of rotatable bonds is 3. The molecule has 0 aromatic carbocycles. The van der Waals surface area contributed by atoms with Crippen LogP contribution in [-0.2, 0) is 11.3 Å². The molecule has 2 rings (SSSR count). The first-order valence-electron chi connectivity index (χ1n) is 5.26. The lowest BCUT2D eigenvalue weighted by Crippen LogP contribution is -2.28. The van der Waals surface area contributed by atoms with Gasteiger partial charge in [-0.1, -0.05) is 12.8 Å². The third-order valence-electron chi connectivity index (χ3n) is 2.81. The van der Waals surface area contributed by atoms with E-state index in [0.29, 0.717) is 6.54 Å². The van der Waals surface area contributed by atoms with Crippen LogP contribution in [0.1, 0.15) is 31.2 Å². The van der Waals surface area contributed by atoms with E-state index in [1.54, 1.807) is 11.3 Å². The van der Waals surface area contributed by atoms with E-state index >= 15 is 0 Å². The van der Waals surface area contributed by atoms with Crippen LogP contribution in [0.4, 0.5) is 0 Å². The van der Waals surface area contributed by atoms with Crippen LogP contribution in [0, 0.1) is 5.92 Å². The van der Waals surface area contributed by atoms with Crippen LogP contribution >= 0.6 is 27.3 Å². The molecule has 1 amide bonds. The molecule has 82 valence electrons. The summed E-state index contributed by atoms with van der Waals surface area (Å²) in [6.07, 6.45) is 4.56. The zero-order chi connectivity index (χ0) is 10.7. The second-order valence-corrected chi connectivity index (χ2v) is 6.25. The minimum atomic E-state index is 0.231. The molecule has 1 aromatic rings. The topological polar surface area (TPSA) is 29.1 Å². The van der Waals surface area contributed by atoms with E-state index in [4.69, 9.17) is 0 Å². The van der Waals surface area contributed by atoms with Crippen molar-refractivity contribution in [2.45, 2.75) is 32.2 Å². The summed E-state index contributed by atoms with van der Waals surface area (Å²) in [5.41, 5.74) is 1.18. The number of hydrogen-bond donors (Lipinski definition) is 1. The van der Waals surface area contributed by atoms with Crippen LogP contribution in [-0.4, -0.2) is 5.91 Å². The van der Waals surface area contributed by atoms with Crippen molar-refractivity contribution < 1.29 is 4.79 Å². The summed E-state index contributed by atoms with van der Waals surface area (Å²) in [6, 6.07) is 2.06. The Morgan fingerprint density at radius 2 is 2.27 bits per heavy atom. The van der Waals surface area contributed by atoms with E-state index in [2.05, 4.69) is 32.7 Å². The number of nitrogens with one attached hydrogen (secondary N) is 1. The highest BCUT2D eigenvalue weighted by Gasteiger charge is 2.22. The van der Waals surface area contributed by atoms with Gasteiger partial charge in [0.25, 0.3) is 0 Å². The van der Waals surface area contributed by atoms with Gasteiger partial charge in [0.15, 0.2) is 0 Å². The first-order chi connectivity index (χ1) is 7.25. The van der Waals surface area contributed by atoms with Gasteiger partial charge in [-0.05, 0) is 45.8 Å². The Morgan fingerprint density at radius 3 is 2.87 bits per heavy atom. The van der Waals surface area contributed by atoms with Crippen molar-refractivity contribution >= 4 is 33.2 Å². The highest BCUT2D eigenvalue weighted by atomic mass is 79.9. The van der Waals surface area contributed by atoms with Crippen molar-refractivity contribution in [2.75, 3.05) is 0 Å². The molecule has 0 atom stereocenters. The van der Waals surface area contributed by atoms with Gasteiger partial charge in [-0.3, -0.25) is 4.79 Å². The zero-order valence-electron chi connectivity index (χ0n) is 8.46. The summed E-state index contributed by atoms with van der Waals surface area (Å²) in [5, 5.41) is 5.07. The molecule has 1 N–H and O–H groups in total. The molecule has 1 aliphatic rings. The predicted molar refractivity (Wildman–Crippen MR) is 65.8 cm³/mol. The van der Waals surface area contributed by atoms with E-state index in [1.807, 2.05) is 0 Å². The Labute approximate surface area is 102 Å². The molecular formula is C11H14BrNOS. The Morgan fingerprint density at radius 1 is 1.53 bits per heavy atom. The van der Waals surface area contributed by atoms with Crippen LogP contribution in [0.15, 0.2) is 15.2 Å². The second-order valence-electron chi connectivity index (χ2n) is 3.96. The number of thiophene rings is 1. The van der Waals surface area contributed by atoms with Gasteiger partial charge in [-0.15, -0.1) is 11.3 Å². The van der Waals surface area contributed by atoms with Gasteiger partial charge in [0.1, 0.15) is 0 Å². The minimum absolute atomic E-state index is 0.231. The molecule has 1 aliphatic carbocycles. The van der Waals surface area contributed by atoms with E-state index in [1.165, 1.54) is 18.4 Å². The zero-order valence-corrected chi connectivity index (χ0v) is 10.9. The summed E-state index contributed by atoms with van der Waals surface area (Å²) in [6.45, 7) is 0.664. The number of halogens is 1. The van der Waals surface area contributed by atoms with Crippen molar-refractivity contribution in [2.24, 2.45) is 5.92 Å². The lowest BCUT2D eigenvalue weighted by atomic mass is 10.1. The molecule has 15 heavy (non-hydrogen) atoms. The summed E-state index contributed by atoms with van der Waals surface area (Å²) in [5.74, 6) is 0.502. The van der Waals surface area contributed by atoms with E-state index in [0.717, 1.165) is 16.6 Å². The number of hydrogen-bond acceptors (Lipinski definition) is 2. The molecule has 0 saturated heterocycles. The van der Waals surface area contributed by atoms with Crippen molar-refractivity contribution in [3.63, 3.8) is 0 Å². The summed E-state index contributed by atoms with van der Waals surface area (Å²) in [4.78, 5) is 11.7. The van der Waals surface area contributed by atoms with Crippen LogP contribution in [0.3, 0.4) is 0 Å². The maximum atomic E-state index is 11.7. The molecule has 2 nitrogen and oxygen atoms in total. The van der Waals surface area contributed by atoms with Crippen LogP contribution < -0.4 is 5.32 Å². The molecule has 1 fully saturated rings. The van der Waals surface area contributed by atoms with E-state index in [9.17, 15) is 4.79 Å². The van der Waals surface area contributed by atoms with Crippen molar-refractivity contribution in [3.8, 4) is 0 Å². The molecule has 0 bridgehead atoms. The minimum Gasteiger partial charge on any atom is -0.352 e. The monoisotopic (exact) mass is 287 g/mol. The summed E-state index contributed by atoms with van der Waals surface area (Å²) >= 11 is 5.06. The first kappa shape index (κ1) is 11.1. The quantitative estimate of drug-likeness (QED) is 0.908. The lowest BCUT2D eigenvalue weighted by Gasteiger charge is -2.09. The predicted octanol–water partition coefficient (Wildman–Crippen LogP) is 3.32. The van der Waals surface area contributed by atoms with E-state index < -0.39 is 0 Å². The standard InChI is InChI=1S/C11H14BrNOS/c12-10-5-8(7-15-10)6-13-11(14)9-3-1-2-4-9/h5,7,9H,1-4,6H2,(H,13,14). The normalized spacial score (nSPS) is 16.9. The van der Waals surface area contributed by atoms with Gasteiger partial charge in [0.05, 0.1) is 3.79 Å². The fraction of sp³-hybridized carbons (Fsp3) is 0.545. The lowest BCUT2D eigenvalue weighted by molar-refractivity contribution is -0.124. The second kappa shape index (κ2) is 5.12. The third kappa shape index (κ3) is 3.05. The van der Waals surface area contributed by atoms with Gasteiger partial charge >= 0.3 is 0 Å². The van der Waals surface area contributed by atoms with Crippen LogP contribution in [0.5, 0.6) is 0 Å². The highest BCUT2D eigenvalue weighted by Crippen LogP contribution is 2.25. The van der Waals surface area contributed by atoms with Crippen LogP contribution in [0.25, 0.3) is 0 Å². The summed E-state index contributed by atoms with van der Waals surface area (Å²) < 4.78 is 1.12. The molecule has 1 aromatic heterocycles. The van der Waals surface area contributed by atoms with Gasteiger partial charge in [0, 0.05) is 12.5 Å². The molecule has 0 unspecified atom stereocenters. The third-order valence-corrected chi connectivity index (χ3v) is 4.37. The van der Waals surface area contributed by atoms with Gasteiger partial charge in [-0.25, -0.2) is 0 Å². The van der Waals surface area contributed by atoms with Crippen LogP contribution in [0.2, 0.25) is 0 Å². The van der Waals surface area contributed by atoms with E-state index in [-0.39, 0.29) is 11.8 Å². The number of carbonyl (C=O) groups is 1. The van der Waals surface area contributed by atoms with Gasteiger partial charge in [-0.2, -0.15) is 0 Å². The Hall–Kier alpha value is -0.350. The van der Waals surface area contributed by atoms with Gasteiger partial charge in [0.2, 0.25) is 5.91 Å². The molecule has 1 saturated carbocycles. The molecule has 1 heterocycles. The van der Waals surface area contributed by atoms with Crippen molar-refractivity contribution in [3.05, 3.63) is 20.8 Å². The Kier molecular flexibility index (Phi) is 3.81. The number of amides is 1. The number of carbonyl (C=O) groups excluding carboxylic acids is 1. The Bertz CT molecular complexity index is 344. The van der Waals surface area contributed by atoms with Crippen molar-refractivity contribution in [1.82, 2.24) is 5.32 Å². The fourth-order valence-corrected chi connectivity index (χ4v) is 3.17. The smallest absolute Gasteiger partial charge is 0.223 e. The molecular weight excluding hydrogens is 274 g/mol. The maximum Gasteiger partial charge on any atom is 0.223 e. The molecule has 0 aliphatic heterocycles. The highest BCUT2D eigenvalue weighted by molar-refractivity contribution is 9.11. The average Bonchev–Trinajstić information content (AvgIpc) is 2.84. The molecule has 0 spiro atoms. The average molecular weight is 288 g/mol.